The molecule has 1 aliphatic heterocycles. The molecule has 0 spiro atoms. The van der Waals surface area contributed by atoms with Crippen molar-refractivity contribution in [3.05, 3.63) is 64.7 Å². The third kappa shape index (κ3) is 5.43. The molecule has 1 aliphatic rings. The first-order valence-corrected chi connectivity index (χ1v) is 10.1. The molecule has 0 saturated carbocycles. The van der Waals surface area contributed by atoms with Gasteiger partial charge in [-0.05, 0) is 41.3 Å². The SMILES string of the molecule is CON=CCOc1ccc(Cc2cc(C3OC(CO)C(O)C(O)C3O)ccc2C#N)cc1. The summed E-state index contributed by atoms with van der Waals surface area (Å²) in [4.78, 5) is 4.57. The molecule has 5 atom stereocenters. The van der Waals surface area contributed by atoms with Crippen molar-refractivity contribution in [2.24, 2.45) is 5.16 Å². The summed E-state index contributed by atoms with van der Waals surface area (Å²) < 4.78 is 11.2. The van der Waals surface area contributed by atoms with E-state index in [4.69, 9.17) is 9.47 Å². The highest BCUT2D eigenvalue weighted by Gasteiger charge is 2.44. The van der Waals surface area contributed by atoms with Gasteiger partial charge in [-0.2, -0.15) is 5.26 Å². The highest BCUT2D eigenvalue weighted by atomic mass is 16.6. The first kappa shape index (κ1) is 23.7. The molecule has 170 valence electrons. The number of nitriles is 1. The Morgan fingerprint density at radius 2 is 1.84 bits per heavy atom. The van der Waals surface area contributed by atoms with Gasteiger partial charge >= 0.3 is 0 Å². The molecule has 1 heterocycles. The number of benzene rings is 2. The molecule has 0 bridgehead atoms. The molecule has 0 aliphatic carbocycles. The maximum Gasteiger partial charge on any atom is 0.127 e. The van der Waals surface area contributed by atoms with Gasteiger partial charge in [-0.3, -0.25) is 0 Å². The smallest absolute Gasteiger partial charge is 0.127 e. The topological polar surface area (TPSA) is 145 Å². The molecule has 0 radical (unpaired) electrons. The quantitative estimate of drug-likeness (QED) is 0.345. The minimum absolute atomic E-state index is 0.271. The Balaban J connectivity index is 1.78. The Labute approximate surface area is 185 Å². The van der Waals surface area contributed by atoms with E-state index in [2.05, 4.69) is 16.1 Å². The normalized spacial score (nSPS) is 25.4. The molecule has 1 fully saturated rings. The minimum Gasteiger partial charge on any atom is -0.488 e. The number of aliphatic hydroxyl groups excluding tert-OH is 4. The molecule has 2 aromatic carbocycles. The van der Waals surface area contributed by atoms with Gasteiger partial charge in [-0.1, -0.05) is 29.4 Å². The lowest BCUT2D eigenvalue weighted by Gasteiger charge is -2.40. The molecule has 0 aromatic heterocycles. The van der Waals surface area contributed by atoms with Gasteiger partial charge in [0, 0.05) is 0 Å². The zero-order chi connectivity index (χ0) is 23.1. The Hall–Kier alpha value is -3.00. The molecular weight excluding hydrogens is 416 g/mol. The summed E-state index contributed by atoms with van der Waals surface area (Å²) >= 11 is 0. The van der Waals surface area contributed by atoms with E-state index >= 15 is 0 Å². The van der Waals surface area contributed by atoms with Gasteiger partial charge < -0.3 is 34.7 Å². The molecular formula is C23H26N2O7. The van der Waals surface area contributed by atoms with E-state index in [1.54, 1.807) is 18.2 Å². The van der Waals surface area contributed by atoms with Crippen molar-refractivity contribution >= 4 is 6.21 Å². The highest BCUT2D eigenvalue weighted by Crippen LogP contribution is 2.33. The fourth-order valence-electron chi connectivity index (χ4n) is 3.58. The van der Waals surface area contributed by atoms with Crippen LogP contribution in [-0.2, 0) is 16.0 Å². The molecule has 9 heteroatoms. The van der Waals surface area contributed by atoms with Crippen LogP contribution >= 0.6 is 0 Å². The number of nitrogens with zero attached hydrogens (tertiary/aromatic N) is 2. The van der Waals surface area contributed by atoms with Crippen molar-refractivity contribution in [1.29, 1.82) is 5.26 Å². The Bertz CT molecular complexity index is 956. The number of ether oxygens (including phenoxy) is 2. The van der Waals surface area contributed by atoms with Gasteiger partial charge in [0.1, 0.15) is 50.0 Å². The second kappa shape index (κ2) is 11.0. The Kier molecular flexibility index (Phi) is 8.16. The lowest BCUT2D eigenvalue weighted by Crippen LogP contribution is -2.55. The van der Waals surface area contributed by atoms with E-state index in [1.807, 2.05) is 24.3 Å². The van der Waals surface area contributed by atoms with Crippen LogP contribution in [0.3, 0.4) is 0 Å². The van der Waals surface area contributed by atoms with Crippen LogP contribution in [0.4, 0.5) is 0 Å². The fraction of sp³-hybridized carbons (Fsp3) is 0.391. The Morgan fingerprint density at radius 3 is 2.50 bits per heavy atom. The van der Waals surface area contributed by atoms with Crippen LogP contribution in [0.25, 0.3) is 0 Å². The van der Waals surface area contributed by atoms with E-state index in [1.165, 1.54) is 13.3 Å². The van der Waals surface area contributed by atoms with E-state index in [0.29, 0.717) is 28.9 Å². The molecule has 4 N–H and O–H groups in total. The molecule has 32 heavy (non-hydrogen) atoms. The van der Waals surface area contributed by atoms with E-state index < -0.39 is 37.1 Å². The van der Waals surface area contributed by atoms with Gasteiger partial charge in [0.15, 0.2) is 0 Å². The fourth-order valence-corrected chi connectivity index (χ4v) is 3.58. The number of hydrogen-bond donors (Lipinski definition) is 4. The van der Waals surface area contributed by atoms with Crippen molar-refractivity contribution in [2.75, 3.05) is 20.3 Å². The monoisotopic (exact) mass is 442 g/mol. The number of oxime groups is 1. The summed E-state index contributed by atoms with van der Waals surface area (Å²) in [6.45, 7) is -0.233. The van der Waals surface area contributed by atoms with Crippen LogP contribution in [0, 0.1) is 11.3 Å². The van der Waals surface area contributed by atoms with Gasteiger partial charge in [0.05, 0.1) is 24.5 Å². The Morgan fingerprint density at radius 1 is 1.09 bits per heavy atom. The molecule has 5 unspecified atom stereocenters. The number of rotatable bonds is 8. The lowest BCUT2D eigenvalue weighted by molar-refractivity contribution is -0.231. The summed E-state index contributed by atoms with van der Waals surface area (Å²) in [7, 11) is 1.45. The molecule has 0 amide bonds. The van der Waals surface area contributed by atoms with Gasteiger partial charge in [0.25, 0.3) is 0 Å². The van der Waals surface area contributed by atoms with Crippen molar-refractivity contribution in [2.45, 2.75) is 36.9 Å². The van der Waals surface area contributed by atoms with Crippen LogP contribution in [0.2, 0.25) is 0 Å². The summed E-state index contributed by atoms with van der Waals surface area (Å²) in [6, 6.07) is 14.5. The van der Waals surface area contributed by atoms with Gasteiger partial charge in [-0.15, -0.1) is 0 Å². The standard InChI is InChI=1S/C23H26N2O7/c1-30-25-8-9-31-18-6-2-14(3-7-18)10-17-11-15(4-5-16(17)12-24)23-22(29)21(28)20(27)19(13-26)32-23/h2-8,11,19-23,26-29H,9-10,13H2,1H3. The summed E-state index contributed by atoms with van der Waals surface area (Å²) in [5.74, 6) is 0.659. The van der Waals surface area contributed by atoms with Crippen molar-refractivity contribution in [3.8, 4) is 11.8 Å². The lowest BCUT2D eigenvalue weighted by atomic mass is 9.89. The second-order valence-corrected chi connectivity index (χ2v) is 7.38. The minimum atomic E-state index is -1.47. The second-order valence-electron chi connectivity index (χ2n) is 7.38. The third-order valence-electron chi connectivity index (χ3n) is 5.29. The van der Waals surface area contributed by atoms with E-state index in [0.717, 1.165) is 5.56 Å². The van der Waals surface area contributed by atoms with E-state index in [-0.39, 0.29) is 6.61 Å². The van der Waals surface area contributed by atoms with Gasteiger partial charge in [0.2, 0.25) is 0 Å². The predicted octanol–water partition coefficient (Wildman–Crippen LogP) is 0.675. The first-order chi connectivity index (χ1) is 15.5. The maximum absolute atomic E-state index is 10.4. The van der Waals surface area contributed by atoms with Crippen molar-refractivity contribution in [1.82, 2.24) is 0 Å². The highest BCUT2D eigenvalue weighted by molar-refractivity contribution is 5.58. The van der Waals surface area contributed by atoms with Crippen LogP contribution in [0.5, 0.6) is 5.75 Å². The average Bonchev–Trinajstić information content (AvgIpc) is 2.81. The molecule has 9 nitrogen and oxygen atoms in total. The van der Waals surface area contributed by atoms with Crippen molar-refractivity contribution in [3.63, 3.8) is 0 Å². The molecule has 3 rings (SSSR count). The number of hydrogen-bond acceptors (Lipinski definition) is 9. The largest absolute Gasteiger partial charge is 0.488 e. The summed E-state index contributed by atoms with van der Waals surface area (Å²) in [5.41, 5.74) is 2.65. The summed E-state index contributed by atoms with van der Waals surface area (Å²) in [6.07, 6.45) is -4.29. The van der Waals surface area contributed by atoms with Crippen LogP contribution < -0.4 is 4.74 Å². The third-order valence-corrected chi connectivity index (χ3v) is 5.29. The van der Waals surface area contributed by atoms with Crippen LogP contribution in [0.15, 0.2) is 47.6 Å². The number of aliphatic hydroxyl groups is 4. The van der Waals surface area contributed by atoms with E-state index in [9.17, 15) is 25.7 Å². The van der Waals surface area contributed by atoms with Gasteiger partial charge in [-0.25, -0.2) is 0 Å². The predicted molar refractivity (Wildman–Crippen MR) is 114 cm³/mol. The molecule has 2 aromatic rings. The van der Waals surface area contributed by atoms with Crippen LogP contribution in [-0.4, -0.2) is 71.4 Å². The molecule has 1 saturated heterocycles. The van der Waals surface area contributed by atoms with Crippen LogP contribution in [0.1, 0.15) is 28.4 Å². The zero-order valence-corrected chi connectivity index (χ0v) is 17.5. The maximum atomic E-state index is 10.4. The summed E-state index contributed by atoms with van der Waals surface area (Å²) in [5, 5.41) is 53.0. The average molecular weight is 442 g/mol. The van der Waals surface area contributed by atoms with Crippen molar-refractivity contribution < 1.29 is 34.7 Å². The first-order valence-electron chi connectivity index (χ1n) is 10.1. The zero-order valence-electron chi connectivity index (χ0n) is 17.5.